The van der Waals surface area contributed by atoms with Gasteiger partial charge in [0.15, 0.2) is 0 Å². The molecule has 0 spiro atoms. The summed E-state index contributed by atoms with van der Waals surface area (Å²) in [5.74, 6) is -0.309. The van der Waals surface area contributed by atoms with E-state index in [4.69, 9.17) is 10.00 Å². The van der Waals surface area contributed by atoms with Gasteiger partial charge in [-0.2, -0.15) is 5.26 Å². The van der Waals surface area contributed by atoms with Gasteiger partial charge >= 0.3 is 5.97 Å². The molecule has 0 fully saturated rings. The number of carbonyl (C=O) groups is 1. The fourth-order valence-corrected chi connectivity index (χ4v) is 2.94. The van der Waals surface area contributed by atoms with E-state index in [0.29, 0.717) is 12.8 Å². The number of carbonyl (C=O) groups excluding carboxylic acids is 1. The van der Waals surface area contributed by atoms with Crippen molar-refractivity contribution in [2.24, 2.45) is 0 Å². The normalized spacial score (nSPS) is 13.2. The van der Waals surface area contributed by atoms with Gasteiger partial charge in [0.2, 0.25) is 0 Å². The minimum absolute atomic E-state index is 0.309. The lowest BCUT2D eigenvalue weighted by molar-refractivity contribution is -0.153. The van der Waals surface area contributed by atoms with Crippen molar-refractivity contribution in [2.75, 3.05) is 0 Å². The molecular formula is C20H37NO3. The number of hydrogen-bond acceptors (Lipinski definition) is 4. The van der Waals surface area contributed by atoms with Gasteiger partial charge in [0.25, 0.3) is 0 Å². The third-order valence-corrected chi connectivity index (χ3v) is 4.38. The number of aliphatic hydroxyl groups is 1. The van der Waals surface area contributed by atoms with Gasteiger partial charge in [-0.25, -0.2) is 0 Å². The van der Waals surface area contributed by atoms with Crippen LogP contribution in [0.25, 0.3) is 0 Å². The van der Waals surface area contributed by atoms with Crippen molar-refractivity contribution in [1.29, 1.82) is 5.26 Å². The molecule has 4 nitrogen and oxygen atoms in total. The Morgan fingerprint density at radius 1 is 0.958 bits per heavy atom. The molecule has 0 aromatic carbocycles. The summed E-state index contributed by atoms with van der Waals surface area (Å²) in [6, 6.07) is 2.16. The van der Waals surface area contributed by atoms with Crippen LogP contribution in [0, 0.1) is 11.3 Å². The molecule has 0 rings (SSSR count). The molecule has 0 unspecified atom stereocenters. The van der Waals surface area contributed by atoms with Gasteiger partial charge in [-0.1, -0.05) is 64.7 Å². The Morgan fingerprint density at radius 2 is 1.50 bits per heavy atom. The van der Waals surface area contributed by atoms with Gasteiger partial charge in [0, 0.05) is 13.3 Å². The van der Waals surface area contributed by atoms with E-state index in [0.717, 1.165) is 51.4 Å². The van der Waals surface area contributed by atoms with E-state index in [1.165, 1.54) is 32.6 Å². The van der Waals surface area contributed by atoms with E-state index in [1.54, 1.807) is 0 Å². The summed E-state index contributed by atoms with van der Waals surface area (Å²) in [4.78, 5) is 11.2. The quantitative estimate of drug-likeness (QED) is 0.306. The maximum Gasteiger partial charge on any atom is 0.302 e. The molecule has 0 heterocycles. The Labute approximate surface area is 148 Å². The number of esters is 1. The SMILES string of the molecule is CCCCCCCC[C@@H](O)[C@@H](CCCCCCCC#N)OC(C)=O. The number of aliphatic hydroxyl groups excluding tert-OH is 1. The van der Waals surface area contributed by atoms with E-state index < -0.39 is 6.10 Å². The van der Waals surface area contributed by atoms with Crippen molar-refractivity contribution in [1.82, 2.24) is 0 Å². The molecule has 0 aromatic rings. The fraction of sp³-hybridized carbons (Fsp3) is 0.900. The highest BCUT2D eigenvalue weighted by Gasteiger charge is 2.21. The lowest BCUT2D eigenvalue weighted by atomic mass is 9.99. The third-order valence-electron chi connectivity index (χ3n) is 4.38. The largest absolute Gasteiger partial charge is 0.460 e. The third kappa shape index (κ3) is 14.5. The highest BCUT2D eigenvalue weighted by atomic mass is 16.6. The molecule has 0 saturated carbocycles. The monoisotopic (exact) mass is 339 g/mol. The van der Waals surface area contributed by atoms with E-state index in [-0.39, 0.29) is 12.1 Å². The molecule has 0 aliphatic carbocycles. The first-order chi connectivity index (χ1) is 11.6. The van der Waals surface area contributed by atoms with Crippen LogP contribution in [0.3, 0.4) is 0 Å². The predicted molar refractivity (Wildman–Crippen MR) is 97.5 cm³/mol. The van der Waals surface area contributed by atoms with Gasteiger partial charge in [0.1, 0.15) is 6.10 Å². The maximum absolute atomic E-state index is 11.2. The van der Waals surface area contributed by atoms with Crippen LogP contribution >= 0.6 is 0 Å². The summed E-state index contributed by atoms with van der Waals surface area (Å²) in [5.41, 5.74) is 0. The Hall–Kier alpha value is -1.08. The molecule has 0 bridgehead atoms. The highest BCUT2D eigenvalue weighted by molar-refractivity contribution is 5.66. The van der Waals surface area contributed by atoms with Gasteiger partial charge < -0.3 is 9.84 Å². The van der Waals surface area contributed by atoms with Gasteiger partial charge in [0.05, 0.1) is 12.2 Å². The molecule has 0 radical (unpaired) electrons. The minimum atomic E-state index is -0.543. The van der Waals surface area contributed by atoms with Crippen LogP contribution < -0.4 is 0 Å². The summed E-state index contributed by atoms with van der Waals surface area (Å²) < 4.78 is 5.32. The Balaban J connectivity index is 3.89. The fourth-order valence-electron chi connectivity index (χ4n) is 2.94. The van der Waals surface area contributed by atoms with E-state index in [1.807, 2.05) is 0 Å². The van der Waals surface area contributed by atoms with Crippen LogP contribution in [-0.2, 0) is 9.53 Å². The van der Waals surface area contributed by atoms with Crippen molar-refractivity contribution in [3.8, 4) is 6.07 Å². The number of ether oxygens (including phenoxy) is 1. The molecule has 0 aromatic heterocycles. The van der Waals surface area contributed by atoms with Gasteiger partial charge in [-0.3, -0.25) is 4.79 Å². The Bertz CT molecular complexity index is 338. The molecule has 24 heavy (non-hydrogen) atoms. The minimum Gasteiger partial charge on any atom is -0.460 e. The van der Waals surface area contributed by atoms with Crippen LogP contribution in [0.15, 0.2) is 0 Å². The first kappa shape index (κ1) is 22.9. The lowest BCUT2D eigenvalue weighted by Crippen LogP contribution is -2.30. The maximum atomic E-state index is 11.2. The summed E-state index contributed by atoms with van der Waals surface area (Å²) >= 11 is 0. The standard InChI is InChI=1S/C20H37NO3/c1-3-4-5-6-9-12-15-19(23)20(24-18(2)22)16-13-10-7-8-11-14-17-21/h19-20,23H,3-16H2,1-2H3/t19-,20-/m1/s1. The number of hydrogen-bond donors (Lipinski definition) is 1. The zero-order valence-corrected chi connectivity index (χ0v) is 15.8. The molecule has 2 atom stereocenters. The zero-order valence-electron chi connectivity index (χ0n) is 15.8. The Morgan fingerprint density at radius 3 is 2.08 bits per heavy atom. The first-order valence-electron chi connectivity index (χ1n) is 9.84. The molecule has 140 valence electrons. The number of rotatable bonds is 16. The van der Waals surface area contributed by atoms with Crippen molar-refractivity contribution in [2.45, 2.75) is 116 Å². The molecule has 0 aliphatic heterocycles. The highest BCUT2D eigenvalue weighted by Crippen LogP contribution is 2.17. The summed E-state index contributed by atoms with van der Waals surface area (Å²) in [6.07, 6.45) is 13.5. The molecule has 1 N–H and O–H groups in total. The number of nitrogens with zero attached hydrogens (tertiary/aromatic N) is 1. The van der Waals surface area contributed by atoms with Crippen molar-refractivity contribution in [3.63, 3.8) is 0 Å². The van der Waals surface area contributed by atoms with Crippen molar-refractivity contribution >= 4 is 5.97 Å². The summed E-state index contributed by atoms with van der Waals surface area (Å²) in [6.45, 7) is 3.61. The second kappa shape index (κ2) is 16.8. The number of unbranched alkanes of at least 4 members (excludes halogenated alkanes) is 10. The smallest absolute Gasteiger partial charge is 0.302 e. The van der Waals surface area contributed by atoms with Crippen molar-refractivity contribution in [3.05, 3.63) is 0 Å². The van der Waals surface area contributed by atoms with E-state index in [9.17, 15) is 9.90 Å². The Kier molecular flexibility index (Phi) is 16.0. The van der Waals surface area contributed by atoms with Gasteiger partial charge in [-0.05, 0) is 25.7 Å². The molecule has 0 saturated heterocycles. The van der Waals surface area contributed by atoms with Crippen LogP contribution in [-0.4, -0.2) is 23.3 Å². The van der Waals surface area contributed by atoms with Crippen LogP contribution in [0.1, 0.15) is 104 Å². The molecule has 4 heteroatoms. The summed E-state index contributed by atoms with van der Waals surface area (Å²) in [7, 11) is 0. The second-order valence-corrected chi connectivity index (χ2v) is 6.74. The van der Waals surface area contributed by atoms with Gasteiger partial charge in [-0.15, -0.1) is 0 Å². The topological polar surface area (TPSA) is 70.3 Å². The van der Waals surface area contributed by atoms with E-state index >= 15 is 0 Å². The van der Waals surface area contributed by atoms with Crippen LogP contribution in [0.4, 0.5) is 0 Å². The van der Waals surface area contributed by atoms with Crippen molar-refractivity contribution < 1.29 is 14.6 Å². The van der Waals surface area contributed by atoms with Crippen LogP contribution in [0.5, 0.6) is 0 Å². The molecule has 0 amide bonds. The van der Waals surface area contributed by atoms with Crippen LogP contribution in [0.2, 0.25) is 0 Å². The first-order valence-corrected chi connectivity index (χ1v) is 9.84. The zero-order chi connectivity index (χ0) is 18.0. The molecule has 0 aliphatic rings. The van der Waals surface area contributed by atoms with E-state index in [2.05, 4.69) is 13.0 Å². The lowest BCUT2D eigenvalue weighted by Gasteiger charge is -2.22. The second-order valence-electron chi connectivity index (χ2n) is 6.74. The predicted octanol–water partition coefficient (Wildman–Crippen LogP) is 5.28. The number of nitriles is 1. The molecular weight excluding hydrogens is 302 g/mol. The summed E-state index contributed by atoms with van der Waals surface area (Å²) in [5, 5.41) is 18.8. The average Bonchev–Trinajstić information content (AvgIpc) is 2.55. The average molecular weight is 340 g/mol.